The Morgan fingerprint density at radius 1 is 1.59 bits per heavy atom. The number of carbonyl (C=O) groups excluding carboxylic acids is 1. The lowest BCUT2D eigenvalue weighted by Gasteiger charge is -2.16. The molecule has 0 bridgehead atoms. The van der Waals surface area contributed by atoms with Crippen LogP contribution in [0.2, 0.25) is 5.02 Å². The number of nitrogens with two attached hydrogens (primary N) is 1. The van der Waals surface area contributed by atoms with Gasteiger partial charge in [-0.3, -0.25) is 0 Å². The number of rotatable bonds is 3. The number of hydrogen-bond donors (Lipinski definition) is 1. The molecule has 0 spiro atoms. The molecule has 0 saturated carbocycles. The van der Waals surface area contributed by atoms with Gasteiger partial charge in [0.15, 0.2) is 6.10 Å². The highest BCUT2D eigenvalue weighted by molar-refractivity contribution is 6.30. The summed E-state index contributed by atoms with van der Waals surface area (Å²) in [5.74, 6) is 0.267. The minimum absolute atomic E-state index is 0.207. The Morgan fingerprint density at radius 3 is 2.94 bits per heavy atom. The molecule has 2 unspecified atom stereocenters. The molecule has 2 N–H and O–H groups in total. The van der Waals surface area contributed by atoms with Gasteiger partial charge in [0.2, 0.25) is 0 Å². The topological polar surface area (TPSA) is 61.6 Å². The minimum Gasteiger partial charge on any atom is -0.478 e. The smallest absolute Gasteiger partial charge is 0.347 e. The van der Waals surface area contributed by atoms with Crippen molar-refractivity contribution in [2.75, 3.05) is 6.61 Å². The van der Waals surface area contributed by atoms with Crippen LogP contribution in [-0.2, 0) is 9.53 Å². The number of benzene rings is 1. The summed E-state index contributed by atoms with van der Waals surface area (Å²) in [5, 5.41) is 0.596. The first-order chi connectivity index (χ1) is 8.08. The fourth-order valence-corrected chi connectivity index (χ4v) is 1.90. The van der Waals surface area contributed by atoms with Crippen LogP contribution in [0.5, 0.6) is 5.75 Å². The number of halogens is 1. The normalized spacial score (nSPS) is 21.1. The maximum Gasteiger partial charge on any atom is 0.347 e. The lowest BCUT2D eigenvalue weighted by molar-refractivity contribution is -0.143. The second-order valence-corrected chi connectivity index (χ2v) is 4.47. The fourth-order valence-electron chi connectivity index (χ4n) is 1.72. The first-order valence-corrected chi connectivity index (χ1v) is 5.84. The van der Waals surface area contributed by atoms with Crippen molar-refractivity contribution in [3.8, 4) is 5.75 Å². The highest BCUT2D eigenvalue weighted by Crippen LogP contribution is 2.29. The van der Waals surface area contributed by atoms with E-state index in [9.17, 15) is 4.79 Å². The van der Waals surface area contributed by atoms with E-state index in [2.05, 4.69) is 0 Å². The Morgan fingerprint density at radius 2 is 2.35 bits per heavy atom. The van der Waals surface area contributed by atoms with Crippen molar-refractivity contribution in [1.82, 2.24) is 0 Å². The third kappa shape index (κ3) is 2.70. The molecule has 2 atom stereocenters. The van der Waals surface area contributed by atoms with Crippen LogP contribution in [0.4, 0.5) is 0 Å². The van der Waals surface area contributed by atoms with Gasteiger partial charge in [-0.05, 0) is 25.1 Å². The molecule has 5 heteroatoms. The minimum atomic E-state index is -0.534. The van der Waals surface area contributed by atoms with Gasteiger partial charge in [-0.15, -0.1) is 0 Å². The van der Waals surface area contributed by atoms with Crippen LogP contribution in [0.1, 0.15) is 24.9 Å². The van der Waals surface area contributed by atoms with Gasteiger partial charge in [0, 0.05) is 23.0 Å². The maximum absolute atomic E-state index is 11.3. The number of ether oxygens (including phenoxy) is 2. The average molecular weight is 256 g/mol. The second-order valence-electron chi connectivity index (χ2n) is 4.03. The van der Waals surface area contributed by atoms with E-state index in [-0.39, 0.29) is 12.0 Å². The number of cyclic esters (lactones) is 1. The van der Waals surface area contributed by atoms with E-state index >= 15 is 0 Å². The van der Waals surface area contributed by atoms with Crippen molar-refractivity contribution in [1.29, 1.82) is 0 Å². The summed E-state index contributed by atoms with van der Waals surface area (Å²) in [6, 6.07) is 4.98. The van der Waals surface area contributed by atoms with E-state index in [1.807, 2.05) is 6.92 Å². The van der Waals surface area contributed by atoms with E-state index in [0.717, 1.165) is 5.56 Å². The van der Waals surface area contributed by atoms with Gasteiger partial charge >= 0.3 is 5.97 Å². The van der Waals surface area contributed by atoms with Gasteiger partial charge in [-0.1, -0.05) is 11.6 Å². The van der Waals surface area contributed by atoms with Crippen molar-refractivity contribution in [2.24, 2.45) is 5.73 Å². The molecule has 0 radical (unpaired) electrons. The van der Waals surface area contributed by atoms with Gasteiger partial charge in [-0.2, -0.15) is 0 Å². The molecular formula is C12H14ClNO3. The summed E-state index contributed by atoms with van der Waals surface area (Å²) >= 11 is 5.90. The van der Waals surface area contributed by atoms with Gasteiger partial charge in [0.05, 0.1) is 6.61 Å². The quantitative estimate of drug-likeness (QED) is 0.840. The molecule has 1 aromatic carbocycles. The third-order valence-electron chi connectivity index (χ3n) is 2.62. The monoisotopic (exact) mass is 255 g/mol. The summed E-state index contributed by atoms with van der Waals surface area (Å²) in [5.41, 5.74) is 6.63. The maximum atomic E-state index is 11.3. The fraction of sp³-hybridized carbons (Fsp3) is 0.417. The molecule has 1 aliphatic rings. The molecule has 1 aromatic rings. The summed E-state index contributed by atoms with van der Waals surface area (Å²) < 4.78 is 10.5. The van der Waals surface area contributed by atoms with Crippen molar-refractivity contribution in [3.63, 3.8) is 0 Å². The molecule has 1 heterocycles. The number of carbonyl (C=O) groups is 1. The van der Waals surface area contributed by atoms with Crippen LogP contribution >= 0.6 is 11.6 Å². The van der Waals surface area contributed by atoms with Crippen LogP contribution in [0.15, 0.2) is 18.2 Å². The molecule has 0 aromatic heterocycles. The van der Waals surface area contributed by atoms with Crippen LogP contribution < -0.4 is 10.5 Å². The van der Waals surface area contributed by atoms with Gasteiger partial charge in [-0.25, -0.2) is 4.79 Å². The average Bonchev–Trinajstić information content (AvgIpc) is 2.67. The second kappa shape index (κ2) is 4.94. The zero-order valence-corrected chi connectivity index (χ0v) is 10.2. The van der Waals surface area contributed by atoms with Crippen molar-refractivity contribution < 1.29 is 14.3 Å². The SMILES string of the molecule is CC(N)c1cc(Cl)ccc1OC1CCOC1=O. The molecule has 1 saturated heterocycles. The Kier molecular flexibility index (Phi) is 3.54. The standard InChI is InChI=1S/C12H14ClNO3/c1-7(14)9-6-8(13)2-3-10(9)17-11-4-5-16-12(11)15/h2-3,6-7,11H,4-5,14H2,1H3. The van der Waals surface area contributed by atoms with Gasteiger partial charge < -0.3 is 15.2 Å². The molecule has 4 nitrogen and oxygen atoms in total. The molecule has 0 aliphatic carbocycles. The Bertz CT molecular complexity index is 434. The summed E-state index contributed by atoms with van der Waals surface area (Å²) in [4.78, 5) is 11.3. The van der Waals surface area contributed by atoms with Gasteiger partial charge in [0.25, 0.3) is 0 Å². The van der Waals surface area contributed by atoms with Crippen LogP contribution in [0.25, 0.3) is 0 Å². The lowest BCUT2D eigenvalue weighted by atomic mass is 10.1. The molecule has 92 valence electrons. The van der Waals surface area contributed by atoms with Crippen LogP contribution in [0.3, 0.4) is 0 Å². The molecule has 17 heavy (non-hydrogen) atoms. The first-order valence-electron chi connectivity index (χ1n) is 5.46. The lowest BCUT2D eigenvalue weighted by Crippen LogP contribution is -2.23. The van der Waals surface area contributed by atoms with Crippen LogP contribution in [-0.4, -0.2) is 18.7 Å². The Balaban J connectivity index is 2.22. The summed E-state index contributed by atoms with van der Waals surface area (Å²) in [6.45, 7) is 2.25. The van der Waals surface area contributed by atoms with Crippen LogP contribution in [0, 0.1) is 0 Å². The zero-order chi connectivity index (χ0) is 12.4. The summed E-state index contributed by atoms with van der Waals surface area (Å²) in [7, 11) is 0. The van der Waals surface area contributed by atoms with E-state index < -0.39 is 6.10 Å². The Hall–Kier alpha value is -1.26. The molecule has 1 fully saturated rings. The van der Waals surface area contributed by atoms with E-state index in [1.165, 1.54) is 0 Å². The highest BCUT2D eigenvalue weighted by Gasteiger charge is 2.29. The van der Waals surface area contributed by atoms with Crippen molar-refractivity contribution in [3.05, 3.63) is 28.8 Å². The molecular weight excluding hydrogens is 242 g/mol. The third-order valence-corrected chi connectivity index (χ3v) is 2.85. The number of hydrogen-bond acceptors (Lipinski definition) is 4. The van der Waals surface area contributed by atoms with E-state index in [0.29, 0.717) is 23.8 Å². The van der Waals surface area contributed by atoms with E-state index in [1.54, 1.807) is 18.2 Å². The number of esters is 1. The first kappa shape index (κ1) is 12.2. The predicted molar refractivity (Wildman–Crippen MR) is 64.0 cm³/mol. The van der Waals surface area contributed by atoms with Gasteiger partial charge in [0.1, 0.15) is 5.75 Å². The Labute approximate surface area is 105 Å². The largest absolute Gasteiger partial charge is 0.478 e. The predicted octanol–water partition coefficient (Wildman–Crippen LogP) is 2.05. The highest BCUT2D eigenvalue weighted by atomic mass is 35.5. The van der Waals surface area contributed by atoms with Crippen molar-refractivity contribution >= 4 is 17.6 Å². The molecule has 0 amide bonds. The molecule has 1 aliphatic heterocycles. The zero-order valence-electron chi connectivity index (χ0n) is 9.48. The van der Waals surface area contributed by atoms with Crippen molar-refractivity contribution in [2.45, 2.75) is 25.5 Å². The molecule has 2 rings (SSSR count). The summed E-state index contributed by atoms with van der Waals surface area (Å²) in [6.07, 6.45) is 0.0357. The van der Waals surface area contributed by atoms with E-state index in [4.69, 9.17) is 26.8 Å².